The fraction of sp³-hybridized carbons (Fsp3) is 0.143. The standard InChI is InChI=1S/C28H24Cl2N2O3/c1-3-32(25-10-6-8-19-7-4-5-9-23(19)25)28(34)20-11-14-22(15-12-20)31-27(33)18(2)35-26-16-13-21(29)17-24(26)30/h4-18H,3H2,1-2H3,(H,31,33). The molecular weight excluding hydrogens is 483 g/mol. The number of nitrogens with zero attached hydrogens (tertiary/aromatic N) is 1. The number of ether oxygens (including phenoxy) is 1. The number of rotatable bonds is 7. The smallest absolute Gasteiger partial charge is 0.265 e. The van der Waals surface area contributed by atoms with Crippen LogP contribution in [0.5, 0.6) is 5.75 Å². The molecule has 0 radical (unpaired) electrons. The van der Waals surface area contributed by atoms with Crippen LogP contribution in [0.2, 0.25) is 10.0 Å². The minimum atomic E-state index is -0.795. The Kier molecular flexibility index (Phi) is 7.59. The summed E-state index contributed by atoms with van der Waals surface area (Å²) < 4.78 is 5.66. The third-order valence-corrected chi connectivity index (χ3v) is 6.12. The van der Waals surface area contributed by atoms with Gasteiger partial charge in [0.05, 0.1) is 10.7 Å². The molecule has 1 N–H and O–H groups in total. The number of hydrogen-bond donors (Lipinski definition) is 1. The Labute approximate surface area is 214 Å². The second-order valence-electron chi connectivity index (χ2n) is 7.95. The number of fused-ring (bicyclic) bond motifs is 1. The van der Waals surface area contributed by atoms with Gasteiger partial charge in [0.25, 0.3) is 11.8 Å². The lowest BCUT2D eigenvalue weighted by atomic mass is 10.1. The van der Waals surface area contributed by atoms with Crippen molar-refractivity contribution in [2.45, 2.75) is 20.0 Å². The van der Waals surface area contributed by atoms with Crippen molar-refractivity contribution in [3.8, 4) is 5.75 Å². The second kappa shape index (κ2) is 10.8. The molecule has 1 unspecified atom stereocenters. The molecule has 4 rings (SSSR count). The summed E-state index contributed by atoms with van der Waals surface area (Å²) in [7, 11) is 0. The monoisotopic (exact) mass is 506 g/mol. The third kappa shape index (κ3) is 5.59. The summed E-state index contributed by atoms with van der Waals surface area (Å²) in [4.78, 5) is 27.7. The minimum Gasteiger partial charge on any atom is -0.479 e. The first-order chi connectivity index (χ1) is 16.9. The Morgan fingerprint density at radius 2 is 1.66 bits per heavy atom. The summed E-state index contributed by atoms with van der Waals surface area (Å²) in [5, 5.41) is 5.70. The zero-order valence-corrected chi connectivity index (χ0v) is 20.8. The van der Waals surface area contributed by atoms with E-state index in [1.807, 2.05) is 49.4 Å². The number of benzene rings is 4. The first-order valence-electron chi connectivity index (χ1n) is 11.2. The van der Waals surface area contributed by atoms with Gasteiger partial charge in [-0.1, -0.05) is 59.6 Å². The minimum absolute atomic E-state index is 0.115. The molecule has 0 bridgehead atoms. The van der Waals surface area contributed by atoms with Gasteiger partial charge in [0.15, 0.2) is 6.10 Å². The van der Waals surface area contributed by atoms with E-state index in [9.17, 15) is 9.59 Å². The van der Waals surface area contributed by atoms with Gasteiger partial charge in [-0.2, -0.15) is 0 Å². The Morgan fingerprint density at radius 1 is 0.943 bits per heavy atom. The molecule has 4 aromatic carbocycles. The van der Waals surface area contributed by atoms with Gasteiger partial charge in [-0.3, -0.25) is 9.59 Å². The highest BCUT2D eigenvalue weighted by molar-refractivity contribution is 6.35. The topological polar surface area (TPSA) is 58.6 Å². The molecule has 0 fully saturated rings. The molecule has 0 saturated carbocycles. The molecule has 0 aliphatic heterocycles. The van der Waals surface area contributed by atoms with Crippen LogP contribution in [-0.2, 0) is 4.79 Å². The van der Waals surface area contributed by atoms with Crippen LogP contribution in [-0.4, -0.2) is 24.5 Å². The molecule has 0 aliphatic rings. The van der Waals surface area contributed by atoms with Crippen LogP contribution in [0.1, 0.15) is 24.2 Å². The van der Waals surface area contributed by atoms with Crippen LogP contribution in [0.15, 0.2) is 84.9 Å². The van der Waals surface area contributed by atoms with E-state index in [0.717, 1.165) is 16.5 Å². The van der Waals surface area contributed by atoms with Crippen molar-refractivity contribution in [2.75, 3.05) is 16.8 Å². The Morgan fingerprint density at radius 3 is 2.37 bits per heavy atom. The van der Waals surface area contributed by atoms with Gasteiger partial charge < -0.3 is 15.0 Å². The Balaban J connectivity index is 1.45. The van der Waals surface area contributed by atoms with Crippen LogP contribution < -0.4 is 15.0 Å². The summed E-state index contributed by atoms with van der Waals surface area (Å²) in [6, 6.07) is 25.5. The van der Waals surface area contributed by atoms with Crippen molar-refractivity contribution in [1.82, 2.24) is 0 Å². The largest absolute Gasteiger partial charge is 0.479 e. The van der Waals surface area contributed by atoms with E-state index in [0.29, 0.717) is 33.6 Å². The van der Waals surface area contributed by atoms with E-state index in [1.165, 1.54) is 0 Å². The van der Waals surface area contributed by atoms with Crippen molar-refractivity contribution in [3.63, 3.8) is 0 Å². The molecule has 5 nitrogen and oxygen atoms in total. The van der Waals surface area contributed by atoms with Gasteiger partial charge in [-0.25, -0.2) is 0 Å². The van der Waals surface area contributed by atoms with E-state index in [2.05, 4.69) is 5.32 Å². The predicted molar refractivity (Wildman–Crippen MR) is 143 cm³/mol. The first kappa shape index (κ1) is 24.6. The van der Waals surface area contributed by atoms with Crippen molar-refractivity contribution in [3.05, 3.63) is 101 Å². The van der Waals surface area contributed by atoms with E-state index in [4.69, 9.17) is 27.9 Å². The molecule has 1 atom stereocenters. The quantitative estimate of drug-likeness (QED) is 0.287. The number of nitrogens with one attached hydrogen (secondary N) is 1. The van der Waals surface area contributed by atoms with E-state index in [-0.39, 0.29) is 11.8 Å². The summed E-state index contributed by atoms with van der Waals surface area (Å²) in [6.07, 6.45) is -0.795. The lowest BCUT2D eigenvalue weighted by Gasteiger charge is -2.23. The summed E-state index contributed by atoms with van der Waals surface area (Å²) in [5.41, 5.74) is 1.94. The van der Waals surface area contributed by atoms with E-state index < -0.39 is 6.10 Å². The van der Waals surface area contributed by atoms with Gasteiger partial charge >= 0.3 is 0 Å². The summed E-state index contributed by atoms with van der Waals surface area (Å²) >= 11 is 12.0. The fourth-order valence-electron chi connectivity index (χ4n) is 3.78. The second-order valence-corrected chi connectivity index (χ2v) is 8.79. The van der Waals surface area contributed by atoms with Crippen LogP contribution in [0, 0.1) is 0 Å². The van der Waals surface area contributed by atoms with Crippen molar-refractivity contribution in [2.24, 2.45) is 0 Å². The number of amides is 2. The molecule has 2 amide bonds. The SMILES string of the molecule is CCN(C(=O)c1ccc(NC(=O)C(C)Oc2ccc(Cl)cc2Cl)cc1)c1cccc2ccccc12. The van der Waals surface area contributed by atoms with Crippen LogP contribution in [0.25, 0.3) is 10.8 Å². The van der Waals surface area contributed by atoms with Crippen molar-refractivity contribution < 1.29 is 14.3 Å². The molecule has 0 aliphatic carbocycles. The summed E-state index contributed by atoms with van der Waals surface area (Å²) in [6.45, 7) is 4.09. The highest BCUT2D eigenvalue weighted by atomic mass is 35.5. The normalized spacial score (nSPS) is 11.7. The molecule has 0 spiro atoms. The van der Waals surface area contributed by atoms with Gasteiger partial charge in [-0.15, -0.1) is 0 Å². The average molecular weight is 507 g/mol. The van der Waals surface area contributed by atoms with E-state index in [1.54, 1.807) is 54.3 Å². The number of hydrogen-bond acceptors (Lipinski definition) is 3. The molecule has 0 aromatic heterocycles. The maximum absolute atomic E-state index is 13.3. The molecule has 0 saturated heterocycles. The molecule has 4 aromatic rings. The van der Waals surface area contributed by atoms with Crippen molar-refractivity contribution >= 4 is 57.2 Å². The van der Waals surface area contributed by atoms with Crippen molar-refractivity contribution in [1.29, 1.82) is 0 Å². The Bertz CT molecular complexity index is 1370. The molecule has 178 valence electrons. The maximum Gasteiger partial charge on any atom is 0.265 e. The third-order valence-electron chi connectivity index (χ3n) is 5.59. The van der Waals surface area contributed by atoms with Gasteiger partial charge in [0.2, 0.25) is 0 Å². The number of carbonyl (C=O) groups is 2. The zero-order valence-electron chi connectivity index (χ0n) is 19.3. The highest BCUT2D eigenvalue weighted by Crippen LogP contribution is 2.29. The lowest BCUT2D eigenvalue weighted by Crippen LogP contribution is -2.31. The average Bonchev–Trinajstić information content (AvgIpc) is 2.86. The van der Waals surface area contributed by atoms with Crippen LogP contribution >= 0.6 is 23.2 Å². The maximum atomic E-state index is 13.3. The van der Waals surface area contributed by atoms with Crippen LogP contribution in [0.4, 0.5) is 11.4 Å². The molecule has 7 heteroatoms. The highest BCUT2D eigenvalue weighted by Gasteiger charge is 2.19. The first-order valence-corrected chi connectivity index (χ1v) is 11.9. The zero-order chi connectivity index (χ0) is 24.9. The molecule has 35 heavy (non-hydrogen) atoms. The fourth-order valence-corrected chi connectivity index (χ4v) is 4.23. The number of halogens is 2. The van der Waals surface area contributed by atoms with Crippen LogP contribution in [0.3, 0.4) is 0 Å². The van der Waals surface area contributed by atoms with Gasteiger partial charge in [0.1, 0.15) is 5.75 Å². The van der Waals surface area contributed by atoms with E-state index >= 15 is 0 Å². The number of anilines is 2. The molecule has 0 heterocycles. The summed E-state index contributed by atoms with van der Waals surface area (Å²) in [5.74, 6) is -0.0930. The Hall–Kier alpha value is -3.54. The molecular formula is C28H24Cl2N2O3. The van der Waals surface area contributed by atoms with Gasteiger partial charge in [0, 0.05) is 28.2 Å². The predicted octanol–water partition coefficient (Wildman–Crippen LogP) is 7.22. The van der Waals surface area contributed by atoms with Gasteiger partial charge in [-0.05, 0) is 67.8 Å². The number of carbonyl (C=O) groups excluding carboxylic acids is 2. The lowest BCUT2D eigenvalue weighted by molar-refractivity contribution is -0.122.